The molecular weight excluding hydrogens is 584 g/mol. The first kappa shape index (κ1) is 34.9. The lowest BCUT2D eigenvalue weighted by Crippen LogP contribution is -2.52. The van der Waals surface area contributed by atoms with Crippen LogP contribution in [0.5, 0.6) is 5.75 Å². The molecular formula is C36H50N4O6. The number of ether oxygens (including phenoxy) is 2. The van der Waals surface area contributed by atoms with Gasteiger partial charge in [-0.05, 0) is 55.7 Å². The van der Waals surface area contributed by atoms with Gasteiger partial charge in [0.25, 0.3) is 5.91 Å². The third kappa shape index (κ3) is 9.55. The van der Waals surface area contributed by atoms with Crippen molar-refractivity contribution in [1.82, 2.24) is 20.9 Å². The molecule has 1 fully saturated rings. The maximum absolute atomic E-state index is 13.8. The molecule has 0 spiro atoms. The summed E-state index contributed by atoms with van der Waals surface area (Å²) >= 11 is 0. The van der Waals surface area contributed by atoms with E-state index in [4.69, 9.17) is 9.47 Å². The predicted octanol–water partition coefficient (Wildman–Crippen LogP) is 3.98. The fourth-order valence-corrected chi connectivity index (χ4v) is 6.19. The van der Waals surface area contributed by atoms with E-state index < -0.39 is 18.0 Å². The van der Waals surface area contributed by atoms with Crippen LogP contribution < -0.4 is 20.7 Å². The standard InChI is InChI=1S/C36H50N4O6/c1-4-5-19-40-20-23-46-31-14-10-9-13-28(31)33(42)39-29(15-16-32(41)38-30(35(40)44)24-26(2)3)34(43)37-25-36(17-21-45-22-18-36)27-11-7-6-8-12-27/h6-14,26,29-30H,4-5,15-25H2,1-3H3,(H,37,43)(H,38,41)(H,39,42)/t29-,30-/m0/s1. The number of fused-ring (bicyclic) bond motifs is 1. The number of carbonyl (C=O) groups is 4. The van der Waals surface area contributed by atoms with Crippen LogP contribution in [0.3, 0.4) is 0 Å². The summed E-state index contributed by atoms with van der Waals surface area (Å²) in [6.45, 7) is 8.69. The molecule has 2 aromatic carbocycles. The SMILES string of the molecule is CCCCN1CCOc2ccccc2C(=O)N[C@H](C(=O)NCC2(c3ccccc3)CCOCC2)CCC(=O)N[C@@H](CC(C)C)C1=O. The maximum Gasteiger partial charge on any atom is 0.255 e. The first-order chi connectivity index (χ1) is 22.2. The highest BCUT2D eigenvalue weighted by atomic mass is 16.5. The highest BCUT2D eigenvalue weighted by molar-refractivity contribution is 6.00. The number of carbonyl (C=O) groups excluding carboxylic acids is 4. The first-order valence-corrected chi connectivity index (χ1v) is 16.7. The second kappa shape index (κ2) is 17.1. The molecule has 2 aliphatic rings. The fourth-order valence-electron chi connectivity index (χ4n) is 6.19. The molecule has 0 unspecified atom stereocenters. The molecule has 2 heterocycles. The van der Waals surface area contributed by atoms with Gasteiger partial charge in [0.1, 0.15) is 24.4 Å². The zero-order valence-electron chi connectivity index (χ0n) is 27.5. The van der Waals surface area contributed by atoms with Crippen LogP contribution in [0.15, 0.2) is 54.6 Å². The Hall–Kier alpha value is -3.92. The van der Waals surface area contributed by atoms with E-state index in [1.165, 1.54) is 0 Å². The number of unbranched alkanes of at least 4 members (excludes halogenated alkanes) is 1. The minimum atomic E-state index is -0.982. The Morgan fingerprint density at radius 1 is 1.00 bits per heavy atom. The number of hydrogen-bond acceptors (Lipinski definition) is 6. The van der Waals surface area contributed by atoms with Gasteiger partial charge in [-0.25, -0.2) is 0 Å². The third-order valence-corrected chi connectivity index (χ3v) is 8.90. The van der Waals surface area contributed by atoms with E-state index in [-0.39, 0.29) is 54.1 Å². The first-order valence-electron chi connectivity index (χ1n) is 16.7. The van der Waals surface area contributed by atoms with Gasteiger partial charge in [-0.1, -0.05) is 69.7 Å². The number of nitrogens with zero attached hydrogens (tertiary/aromatic N) is 1. The van der Waals surface area contributed by atoms with E-state index in [0.717, 1.165) is 31.2 Å². The number of amides is 4. The van der Waals surface area contributed by atoms with Crippen molar-refractivity contribution >= 4 is 23.6 Å². The number of nitrogens with one attached hydrogen (secondary N) is 3. The van der Waals surface area contributed by atoms with Crippen molar-refractivity contribution in [1.29, 1.82) is 0 Å². The van der Waals surface area contributed by atoms with Crippen LogP contribution in [0, 0.1) is 5.92 Å². The van der Waals surface area contributed by atoms with Crippen LogP contribution >= 0.6 is 0 Å². The second-order valence-corrected chi connectivity index (χ2v) is 12.8. The molecule has 4 amide bonds. The number of benzene rings is 2. The molecule has 0 bridgehead atoms. The summed E-state index contributed by atoms with van der Waals surface area (Å²) in [7, 11) is 0. The Morgan fingerprint density at radius 3 is 2.43 bits per heavy atom. The highest BCUT2D eigenvalue weighted by Gasteiger charge is 2.36. The molecule has 10 heteroatoms. The normalized spacial score (nSPS) is 21.2. The highest BCUT2D eigenvalue weighted by Crippen LogP contribution is 2.34. The van der Waals surface area contributed by atoms with Gasteiger partial charge in [-0.15, -0.1) is 0 Å². The minimum Gasteiger partial charge on any atom is -0.491 e. The summed E-state index contributed by atoms with van der Waals surface area (Å²) in [6, 6.07) is 15.3. The second-order valence-electron chi connectivity index (χ2n) is 12.8. The van der Waals surface area contributed by atoms with Gasteiger partial charge in [-0.2, -0.15) is 0 Å². The molecule has 0 aromatic heterocycles. The summed E-state index contributed by atoms with van der Waals surface area (Å²) in [5.41, 5.74) is 1.11. The van der Waals surface area contributed by atoms with Crippen molar-refractivity contribution in [2.24, 2.45) is 5.92 Å². The molecule has 10 nitrogen and oxygen atoms in total. The minimum absolute atomic E-state index is 0.0367. The van der Waals surface area contributed by atoms with Gasteiger partial charge < -0.3 is 30.3 Å². The van der Waals surface area contributed by atoms with Crippen LogP contribution in [-0.2, 0) is 24.5 Å². The zero-order valence-corrected chi connectivity index (χ0v) is 27.5. The summed E-state index contributed by atoms with van der Waals surface area (Å²) < 4.78 is 11.7. The molecule has 0 saturated carbocycles. The number of rotatable bonds is 9. The van der Waals surface area contributed by atoms with Crippen molar-refractivity contribution in [3.63, 3.8) is 0 Å². The number of para-hydroxylation sites is 1. The average molecular weight is 635 g/mol. The van der Waals surface area contributed by atoms with E-state index >= 15 is 0 Å². The van der Waals surface area contributed by atoms with E-state index in [1.54, 1.807) is 29.2 Å². The molecule has 3 N–H and O–H groups in total. The van der Waals surface area contributed by atoms with Crippen LogP contribution in [0.2, 0.25) is 0 Å². The molecule has 0 radical (unpaired) electrons. The fraction of sp³-hybridized carbons (Fsp3) is 0.556. The van der Waals surface area contributed by atoms with Crippen molar-refractivity contribution in [3.05, 3.63) is 65.7 Å². The van der Waals surface area contributed by atoms with Crippen molar-refractivity contribution in [2.75, 3.05) is 39.5 Å². The Balaban J connectivity index is 1.58. The van der Waals surface area contributed by atoms with Crippen molar-refractivity contribution in [3.8, 4) is 5.75 Å². The Kier molecular flexibility index (Phi) is 13.0. The van der Waals surface area contributed by atoms with E-state index in [2.05, 4.69) is 35.0 Å². The Labute approximate surface area is 273 Å². The van der Waals surface area contributed by atoms with Gasteiger partial charge in [-0.3, -0.25) is 19.2 Å². The lowest BCUT2D eigenvalue weighted by molar-refractivity contribution is -0.137. The van der Waals surface area contributed by atoms with E-state index in [0.29, 0.717) is 45.0 Å². The number of hydrogen-bond donors (Lipinski definition) is 3. The molecule has 4 rings (SSSR count). The third-order valence-electron chi connectivity index (χ3n) is 8.90. The van der Waals surface area contributed by atoms with Gasteiger partial charge in [0.2, 0.25) is 17.7 Å². The topological polar surface area (TPSA) is 126 Å². The van der Waals surface area contributed by atoms with Crippen molar-refractivity contribution in [2.45, 2.75) is 83.2 Å². The average Bonchev–Trinajstić information content (AvgIpc) is 3.07. The van der Waals surface area contributed by atoms with Crippen LogP contribution in [0.25, 0.3) is 0 Å². The smallest absolute Gasteiger partial charge is 0.255 e. The van der Waals surface area contributed by atoms with Crippen LogP contribution in [0.1, 0.15) is 81.6 Å². The Bertz CT molecular complexity index is 1310. The quantitative estimate of drug-likeness (QED) is 0.383. The molecule has 2 atom stereocenters. The summed E-state index contributed by atoms with van der Waals surface area (Å²) in [5.74, 6) is -0.771. The lowest BCUT2D eigenvalue weighted by Gasteiger charge is -2.38. The lowest BCUT2D eigenvalue weighted by atomic mass is 9.74. The van der Waals surface area contributed by atoms with Gasteiger partial charge >= 0.3 is 0 Å². The predicted molar refractivity (Wildman–Crippen MR) is 176 cm³/mol. The molecule has 0 aliphatic carbocycles. The largest absolute Gasteiger partial charge is 0.491 e. The van der Waals surface area contributed by atoms with Crippen LogP contribution in [-0.4, -0.2) is 80.1 Å². The van der Waals surface area contributed by atoms with Gasteiger partial charge in [0, 0.05) is 38.1 Å². The monoisotopic (exact) mass is 634 g/mol. The van der Waals surface area contributed by atoms with E-state index in [1.807, 2.05) is 32.0 Å². The van der Waals surface area contributed by atoms with Gasteiger partial charge in [0.15, 0.2) is 0 Å². The maximum atomic E-state index is 13.8. The Morgan fingerprint density at radius 2 is 1.72 bits per heavy atom. The molecule has 2 aliphatic heterocycles. The summed E-state index contributed by atoms with van der Waals surface area (Å²) in [6.07, 6.45) is 3.76. The molecule has 2 aromatic rings. The zero-order chi connectivity index (χ0) is 32.9. The van der Waals surface area contributed by atoms with Gasteiger partial charge in [0.05, 0.1) is 12.1 Å². The summed E-state index contributed by atoms with van der Waals surface area (Å²) in [5, 5.41) is 8.92. The van der Waals surface area contributed by atoms with Crippen LogP contribution in [0.4, 0.5) is 0 Å². The summed E-state index contributed by atoms with van der Waals surface area (Å²) in [4.78, 5) is 56.2. The molecule has 46 heavy (non-hydrogen) atoms. The molecule has 1 saturated heterocycles. The van der Waals surface area contributed by atoms with Crippen molar-refractivity contribution < 1.29 is 28.7 Å². The van der Waals surface area contributed by atoms with E-state index in [9.17, 15) is 19.2 Å². The molecule has 250 valence electrons.